The first-order valence-electron chi connectivity index (χ1n) is 12.3. The van der Waals surface area contributed by atoms with Crippen molar-refractivity contribution >= 4 is 23.8 Å². The molecule has 2 saturated heterocycles. The van der Waals surface area contributed by atoms with Crippen molar-refractivity contribution < 1.29 is 19.2 Å². The summed E-state index contributed by atoms with van der Waals surface area (Å²) in [4.78, 5) is 52.6. The lowest BCUT2D eigenvalue weighted by Crippen LogP contribution is -2.54. The number of carbonyl (C=O) groups excluding carboxylic acids is 4. The average Bonchev–Trinajstić information content (AvgIpc) is 3.03. The molecule has 9 heteroatoms. The highest BCUT2D eigenvalue weighted by atomic mass is 16.2. The van der Waals surface area contributed by atoms with Crippen LogP contribution in [-0.2, 0) is 20.8 Å². The Balaban J connectivity index is 1.53. The number of aryl methyl sites for hydroxylation is 1. The number of nitrogens with zero attached hydrogens (tertiary/aromatic N) is 2. The maximum absolute atomic E-state index is 13.0. The summed E-state index contributed by atoms with van der Waals surface area (Å²) in [5.74, 6) is -1.07. The Bertz CT molecular complexity index is 893. The zero-order chi connectivity index (χ0) is 24.7. The molecule has 2 aliphatic heterocycles. The molecule has 3 unspecified atom stereocenters. The minimum absolute atomic E-state index is 0.0116. The molecule has 34 heavy (non-hydrogen) atoms. The van der Waals surface area contributed by atoms with Gasteiger partial charge >= 0.3 is 6.03 Å². The number of urea groups is 1. The summed E-state index contributed by atoms with van der Waals surface area (Å²) in [5.41, 5.74) is 2.46. The highest BCUT2D eigenvalue weighted by Crippen LogP contribution is 2.24. The van der Waals surface area contributed by atoms with Crippen LogP contribution < -0.4 is 16.1 Å². The summed E-state index contributed by atoms with van der Waals surface area (Å²) < 4.78 is 0. The molecule has 0 aromatic heterocycles. The summed E-state index contributed by atoms with van der Waals surface area (Å²) in [6.45, 7) is 6.92. The van der Waals surface area contributed by atoms with Crippen LogP contribution >= 0.6 is 0 Å². The number of piperidine rings is 1. The van der Waals surface area contributed by atoms with E-state index >= 15 is 0 Å². The van der Waals surface area contributed by atoms with Crippen molar-refractivity contribution in [3.8, 4) is 0 Å². The number of hydrogen-bond acceptors (Lipinski definition) is 5. The molecule has 0 bridgehead atoms. The molecule has 0 radical (unpaired) electrons. The second-order valence-electron chi connectivity index (χ2n) is 9.62. The summed E-state index contributed by atoms with van der Waals surface area (Å²) in [5, 5.41) is 6.48. The number of benzene rings is 1. The first-order chi connectivity index (χ1) is 16.2. The molecule has 1 aromatic rings. The largest absolute Gasteiger partial charge is 0.356 e. The van der Waals surface area contributed by atoms with Crippen LogP contribution in [0, 0.1) is 5.92 Å². The van der Waals surface area contributed by atoms with Crippen molar-refractivity contribution in [1.29, 1.82) is 0 Å². The van der Waals surface area contributed by atoms with Crippen molar-refractivity contribution in [2.45, 2.75) is 70.9 Å². The lowest BCUT2D eigenvalue weighted by atomic mass is 9.92. The van der Waals surface area contributed by atoms with Gasteiger partial charge in [0.1, 0.15) is 5.54 Å². The Hall–Kier alpha value is -2.94. The molecule has 2 heterocycles. The zero-order valence-corrected chi connectivity index (χ0v) is 20.4. The van der Waals surface area contributed by atoms with E-state index < -0.39 is 23.4 Å². The topological polar surface area (TPSA) is 111 Å². The van der Waals surface area contributed by atoms with Gasteiger partial charge < -0.3 is 10.6 Å². The molecule has 9 nitrogen and oxygen atoms in total. The Kier molecular flexibility index (Phi) is 8.66. The fraction of sp³-hybridized carbons (Fsp3) is 0.600. The van der Waals surface area contributed by atoms with Gasteiger partial charge in [-0.05, 0) is 51.5 Å². The van der Waals surface area contributed by atoms with E-state index in [1.165, 1.54) is 0 Å². The van der Waals surface area contributed by atoms with Gasteiger partial charge in [-0.2, -0.15) is 5.01 Å². The monoisotopic (exact) mass is 471 g/mol. The zero-order valence-electron chi connectivity index (χ0n) is 20.4. The van der Waals surface area contributed by atoms with Crippen LogP contribution in [0.3, 0.4) is 0 Å². The predicted molar refractivity (Wildman–Crippen MR) is 128 cm³/mol. The molecule has 0 spiro atoms. The van der Waals surface area contributed by atoms with Crippen molar-refractivity contribution in [3.05, 3.63) is 35.9 Å². The fourth-order valence-electron chi connectivity index (χ4n) is 4.49. The van der Waals surface area contributed by atoms with E-state index in [1.807, 2.05) is 42.2 Å². The van der Waals surface area contributed by atoms with Crippen LogP contribution in [0.5, 0.6) is 0 Å². The number of hydrogen-bond donors (Lipinski definition) is 3. The molecule has 5 amide bonds. The number of unbranched alkanes of at least 4 members (excludes halogenated alkanes) is 1. The van der Waals surface area contributed by atoms with E-state index in [1.54, 1.807) is 6.92 Å². The predicted octanol–water partition coefficient (Wildman–Crippen LogP) is 1.98. The van der Waals surface area contributed by atoms with E-state index in [0.29, 0.717) is 25.9 Å². The van der Waals surface area contributed by atoms with Crippen LogP contribution in [0.2, 0.25) is 0 Å². The van der Waals surface area contributed by atoms with E-state index in [4.69, 9.17) is 0 Å². The van der Waals surface area contributed by atoms with Crippen molar-refractivity contribution in [3.63, 3.8) is 0 Å². The summed E-state index contributed by atoms with van der Waals surface area (Å²) in [6, 6.07) is 9.23. The van der Waals surface area contributed by atoms with Gasteiger partial charge in [0.25, 0.3) is 11.8 Å². The van der Waals surface area contributed by atoms with Gasteiger partial charge in [0.05, 0.1) is 12.5 Å². The number of carbonyl (C=O) groups is 4. The molecule has 3 N–H and O–H groups in total. The Morgan fingerprint density at radius 1 is 1.18 bits per heavy atom. The van der Waals surface area contributed by atoms with Crippen LogP contribution in [0.1, 0.15) is 58.4 Å². The van der Waals surface area contributed by atoms with Crippen LogP contribution in [-0.4, -0.2) is 64.9 Å². The summed E-state index contributed by atoms with van der Waals surface area (Å²) >= 11 is 0. The minimum Gasteiger partial charge on any atom is -0.356 e. The van der Waals surface area contributed by atoms with Gasteiger partial charge in [-0.15, -0.1) is 0 Å². The summed E-state index contributed by atoms with van der Waals surface area (Å²) in [6.07, 6.45) is 4.59. The SMILES string of the molecule is CCCCNC(=O)C1CCC(C)N(CC(=O)NN2C(=O)NC(C)(CCc3ccccc3)C2=O)C1. The number of nitrogens with one attached hydrogen (secondary N) is 3. The molecule has 0 aliphatic carbocycles. The Morgan fingerprint density at radius 3 is 2.62 bits per heavy atom. The van der Waals surface area contributed by atoms with Crippen LogP contribution in [0.15, 0.2) is 30.3 Å². The molecular weight excluding hydrogens is 434 g/mol. The van der Waals surface area contributed by atoms with Crippen molar-refractivity contribution in [1.82, 2.24) is 26.0 Å². The molecule has 3 atom stereocenters. The first-order valence-corrected chi connectivity index (χ1v) is 12.3. The van der Waals surface area contributed by atoms with Gasteiger partial charge in [0.15, 0.2) is 0 Å². The van der Waals surface area contributed by atoms with Gasteiger partial charge in [-0.25, -0.2) is 4.79 Å². The van der Waals surface area contributed by atoms with Crippen LogP contribution in [0.4, 0.5) is 4.79 Å². The third-order valence-electron chi connectivity index (χ3n) is 6.81. The smallest absolute Gasteiger partial charge is 0.344 e. The maximum Gasteiger partial charge on any atom is 0.344 e. The lowest BCUT2D eigenvalue weighted by molar-refractivity contribution is -0.140. The third-order valence-corrected chi connectivity index (χ3v) is 6.81. The lowest BCUT2D eigenvalue weighted by Gasteiger charge is -2.37. The van der Waals surface area contributed by atoms with E-state index in [-0.39, 0.29) is 24.4 Å². The van der Waals surface area contributed by atoms with Gasteiger partial charge in [-0.3, -0.25) is 24.7 Å². The Labute approximate surface area is 201 Å². The van der Waals surface area contributed by atoms with Gasteiger partial charge in [0, 0.05) is 19.1 Å². The number of rotatable bonds is 10. The van der Waals surface area contributed by atoms with Gasteiger partial charge in [-0.1, -0.05) is 43.7 Å². The van der Waals surface area contributed by atoms with Crippen molar-refractivity contribution in [2.24, 2.45) is 5.92 Å². The number of imide groups is 1. The highest BCUT2D eigenvalue weighted by molar-refractivity contribution is 6.07. The second kappa shape index (κ2) is 11.5. The molecule has 2 fully saturated rings. The fourth-order valence-corrected chi connectivity index (χ4v) is 4.49. The summed E-state index contributed by atoms with van der Waals surface area (Å²) in [7, 11) is 0. The maximum atomic E-state index is 13.0. The van der Waals surface area contributed by atoms with Crippen LogP contribution in [0.25, 0.3) is 0 Å². The minimum atomic E-state index is -1.08. The average molecular weight is 472 g/mol. The third kappa shape index (κ3) is 6.34. The van der Waals surface area contributed by atoms with E-state index in [2.05, 4.69) is 23.0 Å². The Morgan fingerprint density at radius 2 is 1.91 bits per heavy atom. The first kappa shape index (κ1) is 25.7. The van der Waals surface area contributed by atoms with E-state index in [0.717, 1.165) is 36.3 Å². The van der Waals surface area contributed by atoms with E-state index in [9.17, 15) is 19.2 Å². The molecule has 0 saturated carbocycles. The molecule has 186 valence electrons. The molecular formula is C25H37N5O4. The normalized spacial score (nSPS) is 25.2. The van der Waals surface area contributed by atoms with Crippen molar-refractivity contribution in [2.75, 3.05) is 19.6 Å². The van der Waals surface area contributed by atoms with Gasteiger partial charge in [0.2, 0.25) is 5.91 Å². The highest BCUT2D eigenvalue weighted by Gasteiger charge is 2.48. The molecule has 1 aromatic carbocycles. The number of likely N-dealkylation sites (tertiary alicyclic amines) is 1. The standard InChI is InChI=1S/C25H37N5O4/c1-4-5-15-26-22(32)20-12-11-18(2)29(16-20)17-21(31)28-30-23(33)25(3,27-24(30)34)14-13-19-9-7-6-8-10-19/h6-10,18,20H,4-5,11-17H2,1-3H3,(H,26,32)(H,27,34)(H,28,31). The second-order valence-corrected chi connectivity index (χ2v) is 9.62. The molecule has 2 aliphatic rings. The number of amides is 5. The molecule has 3 rings (SSSR count). The number of hydrazine groups is 1. The quantitative estimate of drug-likeness (QED) is 0.357.